The molecule has 35 heavy (non-hydrogen) atoms. The summed E-state index contributed by atoms with van der Waals surface area (Å²) in [6.45, 7) is 2.27. The monoisotopic (exact) mass is 501 g/mol. The van der Waals surface area contributed by atoms with E-state index in [0.29, 0.717) is 0 Å². The summed E-state index contributed by atoms with van der Waals surface area (Å²) in [5.74, 6) is 50.6. The van der Waals surface area contributed by atoms with Crippen LogP contribution in [0.25, 0.3) is 0 Å². The van der Waals surface area contributed by atoms with Crippen LogP contribution in [0.5, 0.6) is 0 Å². The Bertz CT molecular complexity index is 1540. The summed E-state index contributed by atoms with van der Waals surface area (Å²) in [6, 6.07) is 0. The van der Waals surface area contributed by atoms with E-state index in [4.69, 9.17) is 9.47 Å². The smallest absolute Gasteiger partial charge is 0.385 e. The number of aliphatic hydroxyl groups is 1. The first-order valence-corrected chi connectivity index (χ1v) is 8.97. The van der Waals surface area contributed by atoms with E-state index in [-0.39, 0.29) is 37.5 Å². The van der Waals surface area contributed by atoms with E-state index in [1.165, 1.54) is 0 Å². The van der Waals surface area contributed by atoms with Gasteiger partial charge in [-0.25, -0.2) is 9.59 Å². The molecule has 6 nitrogen and oxygen atoms in total. The fourth-order valence-electron chi connectivity index (χ4n) is 1.24. The Morgan fingerprint density at radius 3 is 1.34 bits per heavy atom. The van der Waals surface area contributed by atoms with Crippen molar-refractivity contribution in [1.29, 1.82) is 0 Å². The quantitative estimate of drug-likeness (QED) is 0.316. The SMILES string of the molecule is CC#CC#CC#CC#CC#CC#CC(=O)OC[C@@H](CO)OC(=O)C#CC#CC#CC#CC#CC.N.[HH].[HH].[HH].[HH].[HH].[HH].[HH].[HH].[HH].[HH].[HH].[HH].[HH].[HH].[HH].[HH].[HH].[HH].[HH].[HH].[HH].[HH]. The van der Waals surface area contributed by atoms with Gasteiger partial charge in [0.2, 0.25) is 0 Å². The zero-order chi connectivity index (χ0) is 25.1. The third-order valence-corrected chi connectivity index (χ3v) is 2.46. The van der Waals surface area contributed by atoms with Gasteiger partial charge in [-0.15, -0.1) is 0 Å². The molecule has 0 aromatic carbocycles. The van der Waals surface area contributed by atoms with Gasteiger partial charge in [-0.1, -0.05) is 11.8 Å². The highest BCUT2D eigenvalue weighted by Gasteiger charge is 2.14. The molecule has 4 N–H and O–H groups in total. The van der Waals surface area contributed by atoms with E-state index in [1.54, 1.807) is 13.8 Å². The molecule has 0 aliphatic rings. The summed E-state index contributed by atoms with van der Waals surface area (Å²) in [7, 11) is 0. The van der Waals surface area contributed by atoms with Crippen molar-refractivity contribution in [3.8, 4) is 130 Å². The van der Waals surface area contributed by atoms with Crippen LogP contribution in [-0.2, 0) is 19.1 Å². The molecule has 0 unspecified atom stereocenters. The topological polar surface area (TPSA) is 108 Å². The van der Waals surface area contributed by atoms with Gasteiger partial charge < -0.3 is 20.7 Å². The molecular weight excluding hydrogens is 442 g/mol. The number of ether oxygens (including phenoxy) is 2. The standard InChI is InChI=1S/C29H12O5.H3N.22H2/c1-3-5-7-9-11-13-14-16-17-19-21-23-28(31)33-26-27(25-30)34-29(32)24-22-20-18-15-12-10-8-6-4-2;;;;;;;;;;;;;;;;;;;;;;;/h27,30H,25-26H2,1-2H3;1H3;22*1H/t27-;;;;;;;;;;;;;;;;;;;;;;;/m1......................./s1. The maximum Gasteiger partial charge on any atom is 0.385 e. The van der Waals surface area contributed by atoms with Gasteiger partial charge in [-0.3, -0.25) is 0 Å². The average molecular weight is 502 g/mol. The highest BCUT2D eigenvalue weighted by molar-refractivity contribution is 5.90. The fourth-order valence-corrected chi connectivity index (χ4v) is 1.24. The second kappa shape index (κ2) is 24.3. The van der Waals surface area contributed by atoms with Gasteiger partial charge in [-0.2, -0.15) is 0 Å². The lowest BCUT2D eigenvalue weighted by atomic mass is 10.4. The number of hydrogen-bond donors (Lipinski definition) is 2. The number of esters is 2. The van der Waals surface area contributed by atoms with Crippen LogP contribution in [0.15, 0.2) is 0 Å². The minimum atomic E-state index is -1.13. The lowest BCUT2D eigenvalue weighted by Gasteiger charge is -2.12. The molecule has 0 saturated carbocycles. The van der Waals surface area contributed by atoms with Crippen LogP contribution in [0.4, 0.5) is 0 Å². The molecule has 0 amide bonds. The van der Waals surface area contributed by atoms with Gasteiger partial charge in [0.15, 0.2) is 6.10 Å². The van der Waals surface area contributed by atoms with E-state index >= 15 is 0 Å². The summed E-state index contributed by atoms with van der Waals surface area (Å²) >= 11 is 0. The Hall–Kier alpha value is -5.98. The van der Waals surface area contributed by atoms with Gasteiger partial charge >= 0.3 is 11.9 Å². The van der Waals surface area contributed by atoms with E-state index in [1.807, 2.05) is 0 Å². The highest BCUT2D eigenvalue weighted by atomic mass is 16.6. The average Bonchev–Trinajstić information content (AvgIpc) is 2.84. The van der Waals surface area contributed by atoms with Crippen LogP contribution in [0, 0.1) is 130 Å². The minimum Gasteiger partial charge on any atom is -0.452 e. The van der Waals surface area contributed by atoms with Gasteiger partial charge in [0.05, 0.1) is 6.61 Å². The number of hydrogen-bond acceptors (Lipinski definition) is 6. The van der Waals surface area contributed by atoms with Crippen LogP contribution in [-0.4, -0.2) is 36.4 Å². The predicted octanol–water partition coefficient (Wildman–Crippen LogP) is 5.08. The highest BCUT2D eigenvalue weighted by Crippen LogP contribution is 1.94. The molecule has 210 valence electrons. The molecule has 0 rings (SSSR count). The third kappa shape index (κ3) is 22.5. The zero-order valence-corrected chi connectivity index (χ0v) is 18.8. The molecule has 0 aromatic heterocycles. The van der Waals surface area contributed by atoms with Crippen LogP contribution in [0.2, 0.25) is 0 Å². The first-order valence-electron chi connectivity index (χ1n) is 8.97. The molecule has 6 heteroatoms. The second-order valence-corrected chi connectivity index (χ2v) is 4.81. The molecule has 0 saturated heterocycles. The number of rotatable bonds is 4. The summed E-state index contributed by atoms with van der Waals surface area (Å²) in [6.07, 6.45) is -1.13. The van der Waals surface area contributed by atoms with Gasteiger partial charge in [-0.05, 0) is 120 Å². The van der Waals surface area contributed by atoms with Crippen LogP contribution in [0.1, 0.15) is 45.2 Å². The lowest BCUT2D eigenvalue weighted by molar-refractivity contribution is -0.153. The van der Waals surface area contributed by atoms with Crippen molar-refractivity contribution in [3.05, 3.63) is 0 Å². The molecule has 0 fully saturated rings. The normalized spacial score (nSPS) is 6.60. The molecule has 0 spiro atoms. The lowest BCUT2D eigenvalue weighted by Crippen LogP contribution is -2.27. The summed E-state index contributed by atoms with van der Waals surface area (Å²) in [5, 5.41) is 9.21. The van der Waals surface area contributed by atoms with Gasteiger partial charge in [0, 0.05) is 43.2 Å². The molecule has 1 atom stereocenters. The first kappa shape index (κ1) is 31.2. The molecule has 0 aromatic rings. The van der Waals surface area contributed by atoms with E-state index < -0.39 is 31.3 Å². The molecule has 0 radical (unpaired) electrons. The molecule has 0 aliphatic carbocycles. The number of carbonyl (C=O) groups excluding carboxylic acids is 2. The Morgan fingerprint density at radius 1 is 0.629 bits per heavy atom. The minimum absolute atomic E-state index is 0. The summed E-state index contributed by atoms with van der Waals surface area (Å²) in [5.41, 5.74) is 0. The van der Waals surface area contributed by atoms with Crippen LogP contribution < -0.4 is 6.15 Å². The number of carbonyl (C=O) groups is 2. The van der Waals surface area contributed by atoms with Crippen LogP contribution >= 0.6 is 0 Å². The Labute approximate surface area is 238 Å². The zero-order valence-electron chi connectivity index (χ0n) is 18.8. The van der Waals surface area contributed by atoms with Crippen molar-refractivity contribution in [1.82, 2.24) is 6.15 Å². The summed E-state index contributed by atoms with van der Waals surface area (Å²) < 4.78 is 9.59. The third-order valence-electron chi connectivity index (χ3n) is 2.46. The van der Waals surface area contributed by atoms with Crippen molar-refractivity contribution >= 4 is 11.9 Å². The predicted molar refractivity (Wildman–Crippen MR) is 176 cm³/mol. The number of aliphatic hydroxyl groups excluding tert-OH is 1. The van der Waals surface area contributed by atoms with Crippen LogP contribution in [0.3, 0.4) is 0 Å². The molecule has 0 bridgehead atoms. The van der Waals surface area contributed by atoms with Crippen molar-refractivity contribution in [2.24, 2.45) is 0 Å². The van der Waals surface area contributed by atoms with Crippen molar-refractivity contribution in [2.75, 3.05) is 13.2 Å². The van der Waals surface area contributed by atoms with E-state index in [2.05, 4.69) is 130 Å². The molecule has 0 aliphatic heterocycles. The maximum atomic E-state index is 11.6. The van der Waals surface area contributed by atoms with Crippen molar-refractivity contribution < 1.29 is 55.6 Å². The van der Waals surface area contributed by atoms with Crippen molar-refractivity contribution in [3.63, 3.8) is 0 Å². The largest absolute Gasteiger partial charge is 0.452 e. The Balaban J connectivity index is -0.0000000215. The maximum absolute atomic E-state index is 11.6. The molecule has 0 heterocycles. The first-order chi connectivity index (χ1) is 16.6. The van der Waals surface area contributed by atoms with Crippen molar-refractivity contribution in [2.45, 2.75) is 20.0 Å². The Kier molecular flexibility index (Phi) is 21.7. The van der Waals surface area contributed by atoms with Gasteiger partial charge in [0.25, 0.3) is 0 Å². The Morgan fingerprint density at radius 2 is 0.971 bits per heavy atom. The van der Waals surface area contributed by atoms with E-state index in [0.717, 1.165) is 0 Å². The van der Waals surface area contributed by atoms with Gasteiger partial charge in [0.1, 0.15) is 6.61 Å². The van der Waals surface area contributed by atoms with E-state index in [9.17, 15) is 14.7 Å². The second-order valence-electron chi connectivity index (χ2n) is 4.81. The molecular formula is C29H59NO5. The fraction of sp³-hybridized carbons (Fsp3) is 0.172. The summed E-state index contributed by atoms with van der Waals surface area (Å²) in [4.78, 5) is 23.1.